The van der Waals surface area contributed by atoms with E-state index in [2.05, 4.69) is 13.8 Å². The van der Waals surface area contributed by atoms with Crippen molar-refractivity contribution in [2.45, 2.75) is 45.6 Å². The van der Waals surface area contributed by atoms with Gasteiger partial charge in [0.15, 0.2) is 0 Å². The highest BCUT2D eigenvalue weighted by Gasteiger charge is 2.36. The molecule has 1 saturated carbocycles. The van der Waals surface area contributed by atoms with E-state index in [9.17, 15) is 5.11 Å². The van der Waals surface area contributed by atoms with Gasteiger partial charge in [0, 0.05) is 0 Å². The fourth-order valence-electron chi connectivity index (χ4n) is 1.80. The Morgan fingerprint density at radius 2 is 1.60 bits per heavy atom. The van der Waals surface area contributed by atoms with Gasteiger partial charge in [0.05, 0.1) is 5.60 Å². The lowest BCUT2D eigenvalue weighted by atomic mass is 9.71. The molecule has 1 aliphatic rings. The number of aliphatic hydroxyl groups is 1. The van der Waals surface area contributed by atoms with Crippen LogP contribution in [0.5, 0.6) is 0 Å². The highest BCUT2D eigenvalue weighted by atomic mass is 16.3. The molecule has 1 nitrogen and oxygen atoms in total. The van der Waals surface area contributed by atoms with Gasteiger partial charge in [0.2, 0.25) is 0 Å². The van der Waals surface area contributed by atoms with Crippen molar-refractivity contribution in [3.8, 4) is 0 Å². The second-order valence-corrected chi connectivity index (χ2v) is 3.96. The van der Waals surface area contributed by atoms with Crippen molar-refractivity contribution in [3.05, 3.63) is 0 Å². The quantitative estimate of drug-likeness (QED) is 0.549. The van der Waals surface area contributed by atoms with E-state index in [-0.39, 0.29) is 0 Å². The molecule has 1 fully saturated rings. The first-order valence-corrected chi connectivity index (χ1v) is 4.27. The lowest BCUT2D eigenvalue weighted by molar-refractivity contribution is -0.0662. The van der Waals surface area contributed by atoms with E-state index in [1.165, 1.54) is 19.3 Å². The highest BCUT2D eigenvalue weighted by molar-refractivity contribution is 4.88. The summed E-state index contributed by atoms with van der Waals surface area (Å²) in [5.41, 5.74) is -0.405. The Hall–Kier alpha value is -0.0400. The minimum Gasteiger partial charge on any atom is -0.390 e. The van der Waals surface area contributed by atoms with Gasteiger partial charge in [-0.1, -0.05) is 20.3 Å². The molecule has 1 N–H and O–H groups in total. The van der Waals surface area contributed by atoms with Crippen molar-refractivity contribution < 1.29 is 5.11 Å². The molecule has 1 rings (SSSR count). The Bertz CT molecular complexity index is 106. The summed E-state index contributed by atoms with van der Waals surface area (Å²) in [7, 11) is 0. The third-order valence-electron chi connectivity index (χ3n) is 3.27. The fourth-order valence-corrected chi connectivity index (χ4v) is 1.80. The summed E-state index contributed by atoms with van der Waals surface area (Å²) in [5.74, 6) is 0.965. The molecule has 0 radical (unpaired) electrons. The van der Waals surface area contributed by atoms with Crippen molar-refractivity contribution >= 4 is 0 Å². The average molecular weight is 142 g/mol. The molecule has 0 aromatic heterocycles. The van der Waals surface area contributed by atoms with E-state index in [4.69, 9.17) is 0 Å². The van der Waals surface area contributed by atoms with Gasteiger partial charge in [-0.2, -0.15) is 0 Å². The van der Waals surface area contributed by atoms with Crippen molar-refractivity contribution in [2.24, 2.45) is 11.8 Å². The molecular weight excluding hydrogens is 124 g/mol. The largest absolute Gasteiger partial charge is 0.390 e. The first-order chi connectivity index (χ1) is 4.55. The van der Waals surface area contributed by atoms with Crippen LogP contribution >= 0.6 is 0 Å². The van der Waals surface area contributed by atoms with Gasteiger partial charge in [-0.05, 0) is 31.6 Å². The lowest BCUT2D eigenvalue weighted by Crippen LogP contribution is -2.42. The number of rotatable bonds is 0. The van der Waals surface area contributed by atoms with Gasteiger partial charge in [-0.3, -0.25) is 0 Å². The van der Waals surface area contributed by atoms with Gasteiger partial charge < -0.3 is 5.11 Å². The fraction of sp³-hybridized carbons (Fsp3) is 1.00. The maximum absolute atomic E-state index is 9.91. The second-order valence-electron chi connectivity index (χ2n) is 3.96. The Morgan fingerprint density at radius 3 is 1.90 bits per heavy atom. The molecule has 0 aromatic rings. The van der Waals surface area contributed by atoms with Crippen LogP contribution in [-0.2, 0) is 0 Å². The highest BCUT2D eigenvalue weighted by Crippen LogP contribution is 2.37. The van der Waals surface area contributed by atoms with E-state index in [0.717, 1.165) is 0 Å². The van der Waals surface area contributed by atoms with E-state index in [1.807, 2.05) is 6.92 Å². The van der Waals surface area contributed by atoms with Gasteiger partial charge in [-0.15, -0.1) is 0 Å². The molecule has 0 aromatic carbocycles. The second kappa shape index (κ2) is 2.54. The molecule has 0 amide bonds. The average Bonchev–Trinajstić information content (AvgIpc) is 1.84. The minimum absolute atomic E-state index is 0.405. The molecule has 0 bridgehead atoms. The number of hydrogen-bond donors (Lipinski definition) is 1. The van der Waals surface area contributed by atoms with Crippen LogP contribution in [0.25, 0.3) is 0 Å². The summed E-state index contributed by atoms with van der Waals surface area (Å²) in [6.45, 7) is 6.27. The summed E-state index contributed by atoms with van der Waals surface area (Å²) in [5, 5.41) is 9.91. The lowest BCUT2D eigenvalue weighted by Gasteiger charge is -2.40. The molecular formula is C9H18O. The minimum atomic E-state index is -0.405. The molecule has 1 aliphatic carbocycles. The summed E-state index contributed by atoms with van der Waals surface area (Å²) >= 11 is 0. The smallest absolute Gasteiger partial charge is 0.0670 e. The van der Waals surface area contributed by atoms with Gasteiger partial charge in [-0.25, -0.2) is 0 Å². The third-order valence-corrected chi connectivity index (χ3v) is 3.27. The standard InChI is InChI=1S/C9H18O/c1-7-5-4-6-8(2)9(7,3)10/h7-8,10H,4-6H2,1-3H3/t7-,8?,9-/m1/s1. The van der Waals surface area contributed by atoms with Gasteiger partial charge >= 0.3 is 0 Å². The van der Waals surface area contributed by atoms with E-state index in [0.29, 0.717) is 11.8 Å². The monoisotopic (exact) mass is 142 g/mol. The molecule has 3 atom stereocenters. The van der Waals surface area contributed by atoms with Crippen LogP contribution in [0.2, 0.25) is 0 Å². The topological polar surface area (TPSA) is 20.2 Å². The molecule has 0 spiro atoms. The predicted octanol–water partition coefficient (Wildman–Crippen LogP) is 2.19. The van der Waals surface area contributed by atoms with Crippen LogP contribution in [0.1, 0.15) is 40.0 Å². The molecule has 0 saturated heterocycles. The summed E-state index contributed by atoms with van der Waals surface area (Å²) in [6, 6.07) is 0. The Balaban J connectivity index is 2.63. The Labute approximate surface area is 63.4 Å². The molecule has 0 heterocycles. The first-order valence-electron chi connectivity index (χ1n) is 4.27. The summed E-state index contributed by atoms with van der Waals surface area (Å²) in [4.78, 5) is 0. The first kappa shape index (κ1) is 8.06. The van der Waals surface area contributed by atoms with E-state index >= 15 is 0 Å². The van der Waals surface area contributed by atoms with Crippen molar-refractivity contribution in [1.29, 1.82) is 0 Å². The molecule has 60 valence electrons. The molecule has 1 heteroatoms. The zero-order chi connectivity index (χ0) is 7.78. The van der Waals surface area contributed by atoms with Crippen LogP contribution in [0.3, 0.4) is 0 Å². The third kappa shape index (κ3) is 1.20. The van der Waals surface area contributed by atoms with Crippen molar-refractivity contribution in [2.75, 3.05) is 0 Å². The summed E-state index contributed by atoms with van der Waals surface area (Å²) < 4.78 is 0. The van der Waals surface area contributed by atoms with Gasteiger partial charge in [0.25, 0.3) is 0 Å². The van der Waals surface area contributed by atoms with Crippen LogP contribution in [0.4, 0.5) is 0 Å². The number of hydrogen-bond acceptors (Lipinski definition) is 1. The van der Waals surface area contributed by atoms with Crippen molar-refractivity contribution in [1.82, 2.24) is 0 Å². The maximum atomic E-state index is 9.91. The molecule has 10 heavy (non-hydrogen) atoms. The van der Waals surface area contributed by atoms with Crippen LogP contribution < -0.4 is 0 Å². The molecule has 1 unspecified atom stereocenters. The van der Waals surface area contributed by atoms with Crippen LogP contribution in [0, 0.1) is 11.8 Å². The van der Waals surface area contributed by atoms with Crippen LogP contribution in [0.15, 0.2) is 0 Å². The zero-order valence-electron chi connectivity index (χ0n) is 7.22. The zero-order valence-corrected chi connectivity index (χ0v) is 7.22. The van der Waals surface area contributed by atoms with E-state index < -0.39 is 5.60 Å². The summed E-state index contributed by atoms with van der Waals surface area (Å²) in [6.07, 6.45) is 3.67. The maximum Gasteiger partial charge on any atom is 0.0670 e. The Kier molecular flexibility index (Phi) is 2.04. The van der Waals surface area contributed by atoms with Crippen LogP contribution in [-0.4, -0.2) is 10.7 Å². The normalized spacial score (nSPS) is 49.2. The predicted molar refractivity (Wildman–Crippen MR) is 42.8 cm³/mol. The molecule has 0 aliphatic heterocycles. The van der Waals surface area contributed by atoms with E-state index in [1.54, 1.807) is 0 Å². The van der Waals surface area contributed by atoms with Gasteiger partial charge in [0.1, 0.15) is 0 Å². The SMILES string of the molecule is CC1CCC[C@@H](C)[C@@]1(C)O. The Morgan fingerprint density at radius 1 is 1.20 bits per heavy atom. The van der Waals surface area contributed by atoms with Crippen molar-refractivity contribution in [3.63, 3.8) is 0 Å².